The van der Waals surface area contributed by atoms with Crippen LogP contribution in [-0.4, -0.2) is 16.5 Å². The SMILES string of the molecule is CCNCc1cc(C)nc(C2CC3CCC2C3)n1. The Kier molecular flexibility index (Phi) is 3.33. The van der Waals surface area contributed by atoms with Gasteiger partial charge in [-0.05, 0) is 50.6 Å². The van der Waals surface area contributed by atoms with Crippen molar-refractivity contribution in [2.24, 2.45) is 11.8 Å². The molecule has 2 aliphatic rings. The molecular weight excluding hydrogens is 222 g/mol. The maximum Gasteiger partial charge on any atom is 0.132 e. The zero-order valence-corrected chi connectivity index (χ0v) is 11.4. The minimum Gasteiger partial charge on any atom is -0.311 e. The van der Waals surface area contributed by atoms with Gasteiger partial charge in [0.25, 0.3) is 0 Å². The van der Waals surface area contributed by atoms with E-state index in [4.69, 9.17) is 9.97 Å². The second-order valence-electron chi connectivity index (χ2n) is 5.92. The summed E-state index contributed by atoms with van der Waals surface area (Å²) in [6.45, 7) is 6.08. The molecule has 0 aromatic carbocycles. The number of rotatable bonds is 4. The van der Waals surface area contributed by atoms with E-state index in [1.165, 1.54) is 25.7 Å². The number of aromatic nitrogens is 2. The van der Waals surface area contributed by atoms with Crippen LogP contribution in [0.2, 0.25) is 0 Å². The first-order valence-corrected chi connectivity index (χ1v) is 7.31. The van der Waals surface area contributed by atoms with Crippen molar-refractivity contribution in [1.29, 1.82) is 0 Å². The van der Waals surface area contributed by atoms with Crippen molar-refractivity contribution in [3.8, 4) is 0 Å². The van der Waals surface area contributed by atoms with E-state index in [2.05, 4.69) is 25.2 Å². The summed E-state index contributed by atoms with van der Waals surface area (Å²) in [6.07, 6.45) is 5.59. The zero-order valence-electron chi connectivity index (χ0n) is 11.4. The first kappa shape index (κ1) is 12.1. The molecule has 1 aromatic heterocycles. The Bertz CT molecular complexity index is 430. The van der Waals surface area contributed by atoms with Gasteiger partial charge < -0.3 is 5.32 Å². The number of nitrogens with zero attached hydrogens (tertiary/aromatic N) is 2. The van der Waals surface area contributed by atoms with Gasteiger partial charge in [0, 0.05) is 18.2 Å². The highest BCUT2D eigenvalue weighted by Crippen LogP contribution is 2.52. The number of nitrogens with one attached hydrogen (secondary N) is 1. The van der Waals surface area contributed by atoms with Crippen molar-refractivity contribution in [1.82, 2.24) is 15.3 Å². The molecule has 0 amide bonds. The monoisotopic (exact) mass is 245 g/mol. The Morgan fingerprint density at radius 1 is 1.28 bits per heavy atom. The molecule has 18 heavy (non-hydrogen) atoms. The van der Waals surface area contributed by atoms with Gasteiger partial charge in [-0.3, -0.25) is 0 Å². The molecule has 2 bridgehead atoms. The van der Waals surface area contributed by atoms with E-state index < -0.39 is 0 Å². The summed E-state index contributed by atoms with van der Waals surface area (Å²) in [5.41, 5.74) is 2.28. The smallest absolute Gasteiger partial charge is 0.132 e. The van der Waals surface area contributed by atoms with E-state index >= 15 is 0 Å². The number of fused-ring (bicyclic) bond motifs is 2. The number of hydrogen-bond donors (Lipinski definition) is 1. The average molecular weight is 245 g/mol. The third-order valence-corrected chi connectivity index (χ3v) is 4.55. The minimum absolute atomic E-state index is 0.643. The van der Waals surface area contributed by atoms with E-state index in [1.54, 1.807) is 0 Å². The largest absolute Gasteiger partial charge is 0.311 e. The van der Waals surface area contributed by atoms with E-state index in [9.17, 15) is 0 Å². The minimum atomic E-state index is 0.643. The van der Waals surface area contributed by atoms with Gasteiger partial charge in [0.1, 0.15) is 5.82 Å². The lowest BCUT2D eigenvalue weighted by molar-refractivity contribution is 0.403. The van der Waals surface area contributed by atoms with Gasteiger partial charge in [0.15, 0.2) is 0 Å². The molecule has 0 saturated heterocycles. The van der Waals surface area contributed by atoms with Gasteiger partial charge in [-0.1, -0.05) is 13.3 Å². The lowest BCUT2D eigenvalue weighted by Crippen LogP contribution is -2.17. The zero-order chi connectivity index (χ0) is 12.5. The number of hydrogen-bond acceptors (Lipinski definition) is 3. The molecule has 3 atom stereocenters. The Balaban J connectivity index is 1.81. The standard InChI is InChI=1S/C15H23N3/c1-3-16-9-13-6-10(2)17-15(18-13)14-8-11-4-5-12(14)7-11/h6,11-12,14,16H,3-5,7-9H2,1-2H3. The van der Waals surface area contributed by atoms with Gasteiger partial charge in [-0.15, -0.1) is 0 Å². The predicted molar refractivity (Wildman–Crippen MR) is 72.3 cm³/mol. The van der Waals surface area contributed by atoms with Crippen molar-refractivity contribution in [2.45, 2.75) is 52.0 Å². The Hall–Kier alpha value is -0.960. The summed E-state index contributed by atoms with van der Waals surface area (Å²) in [6, 6.07) is 2.11. The average Bonchev–Trinajstić information content (AvgIpc) is 2.98. The molecule has 0 spiro atoms. The van der Waals surface area contributed by atoms with Crippen molar-refractivity contribution in [3.05, 3.63) is 23.3 Å². The molecule has 2 saturated carbocycles. The summed E-state index contributed by atoms with van der Waals surface area (Å²) in [4.78, 5) is 9.50. The molecule has 0 aliphatic heterocycles. The van der Waals surface area contributed by atoms with Crippen LogP contribution in [0.3, 0.4) is 0 Å². The molecule has 1 N–H and O–H groups in total. The normalized spacial score (nSPS) is 30.0. The Morgan fingerprint density at radius 2 is 2.17 bits per heavy atom. The van der Waals surface area contributed by atoms with Gasteiger partial charge >= 0.3 is 0 Å². The quantitative estimate of drug-likeness (QED) is 0.886. The topological polar surface area (TPSA) is 37.8 Å². The Labute approximate surface area is 109 Å². The first-order chi connectivity index (χ1) is 8.76. The van der Waals surface area contributed by atoms with Crippen molar-refractivity contribution >= 4 is 0 Å². The van der Waals surface area contributed by atoms with Crippen LogP contribution >= 0.6 is 0 Å². The number of aryl methyl sites for hydroxylation is 1. The summed E-state index contributed by atoms with van der Waals surface area (Å²) >= 11 is 0. The summed E-state index contributed by atoms with van der Waals surface area (Å²) in [7, 11) is 0. The highest BCUT2D eigenvalue weighted by molar-refractivity contribution is 5.15. The molecule has 3 nitrogen and oxygen atoms in total. The molecule has 3 unspecified atom stereocenters. The van der Waals surface area contributed by atoms with Crippen molar-refractivity contribution in [3.63, 3.8) is 0 Å². The van der Waals surface area contributed by atoms with Crippen LogP contribution in [0.4, 0.5) is 0 Å². The van der Waals surface area contributed by atoms with Crippen molar-refractivity contribution in [2.75, 3.05) is 6.54 Å². The molecule has 98 valence electrons. The molecule has 2 aliphatic carbocycles. The molecule has 2 fully saturated rings. The molecular formula is C15H23N3. The van der Waals surface area contributed by atoms with Gasteiger partial charge in [-0.25, -0.2) is 9.97 Å². The summed E-state index contributed by atoms with van der Waals surface area (Å²) in [5.74, 6) is 3.59. The molecule has 3 heteroatoms. The molecule has 0 radical (unpaired) electrons. The van der Waals surface area contributed by atoms with Crippen LogP contribution in [0, 0.1) is 18.8 Å². The van der Waals surface area contributed by atoms with E-state index in [-0.39, 0.29) is 0 Å². The van der Waals surface area contributed by atoms with Crippen molar-refractivity contribution < 1.29 is 0 Å². The van der Waals surface area contributed by atoms with Crippen LogP contribution in [0.25, 0.3) is 0 Å². The second kappa shape index (κ2) is 4.96. The fourth-order valence-electron chi connectivity index (χ4n) is 3.73. The lowest BCUT2D eigenvalue weighted by atomic mass is 9.88. The van der Waals surface area contributed by atoms with Gasteiger partial charge in [0.2, 0.25) is 0 Å². The van der Waals surface area contributed by atoms with E-state index in [0.29, 0.717) is 5.92 Å². The summed E-state index contributed by atoms with van der Waals surface area (Å²) in [5, 5.41) is 3.35. The second-order valence-corrected chi connectivity index (χ2v) is 5.92. The Morgan fingerprint density at radius 3 is 2.83 bits per heavy atom. The van der Waals surface area contributed by atoms with E-state index in [1.807, 2.05) is 0 Å². The lowest BCUT2D eigenvalue weighted by Gasteiger charge is -2.21. The highest BCUT2D eigenvalue weighted by Gasteiger charge is 2.41. The van der Waals surface area contributed by atoms with Crippen LogP contribution in [0.15, 0.2) is 6.07 Å². The fourth-order valence-corrected chi connectivity index (χ4v) is 3.73. The maximum atomic E-state index is 4.80. The van der Waals surface area contributed by atoms with E-state index in [0.717, 1.165) is 42.1 Å². The van der Waals surface area contributed by atoms with Crippen LogP contribution in [-0.2, 0) is 6.54 Å². The fraction of sp³-hybridized carbons (Fsp3) is 0.733. The third-order valence-electron chi connectivity index (χ3n) is 4.55. The van der Waals surface area contributed by atoms with Crippen LogP contribution in [0.5, 0.6) is 0 Å². The maximum absolute atomic E-state index is 4.80. The van der Waals surface area contributed by atoms with Crippen LogP contribution < -0.4 is 5.32 Å². The first-order valence-electron chi connectivity index (χ1n) is 7.31. The molecule has 3 rings (SSSR count). The molecule has 1 aromatic rings. The van der Waals surface area contributed by atoms with Gasteiger partial charge in [0.05, 0.1) is 5.69 Å². The molecule has 1 heterocycles. The van der Waals surface area contributed by atoms with Gasteiger partial charge in [-0.2, -0.15) is 0 Å². The highest BCUT2D eigenvalue weighted by atomic mass is 14.9. The predicted octanol–water partition coefficient (Wildman–Crippen LogP) is 2.80. The summed E-state index contributed by atoms with van der Waals surface area (Å²) < 4.78 is 0. The van der Waals surface area contributed by atoms with Crippen LogP contribution in [0.1, 0.15) is 55.7 Å². The third kappa shape index (κ3) is 2.28.